The summed E-state index contributed by atoms with van der Waals surface area (Å²) in [7, 11) is -3.59. The van der Waals surface area contributed by atoms with Crippen molar-refractivity contribution in [3.05, 3.63) is 69.2 Å². The van der Waals surface area contributed by atoms with Crippen LogP contribution < -0.4 is 5.56 Å². The highest BCUT2D eigenvalue weighted by Gasteiger charge is 2.32. The second kappa shape index (κ2) is 7.73. The van der Waals surface area contributed by atoms with Crippen molar-refractivity contribution in [2.75, 3.05) is 0 Å². The van der Waals surface area contributed by atoms with Gasteiger partial charge in [-0.1, -0.05) is 39.7 Å². The Bertz CT molecular complexity index is 1260. The summed E-state index contributed by atoms with van der Waals surface area (Å²) in [4.78, 5) is 16.8. The van der Waals surface area contributed by atoms with E-state index in [1.54, 1.807) is 6.07 Å². The maximum atomic E-state index is 13.0. The van der Waals surface area contributed by atoms with Crippen LogP contribution in [0.25, 0.3) is 10.9 Å². The summed E-state index contributed by atoms with van der Waals surface area (Å²) in [6.45, 7) is 1.40. The zero-order valence-corrected chi connectivity index (χ0v) is 17.9. The molecule has 1 atom stereocenters. The van der Waals surface area contributed by atoms with E-state index in [1.165, 1.54) is 25.1 Å². The molecule has 0 bridgehead atoms. The predicted molar refractivity (Wildman–Crippen MR) is 107 cm³/mol. The van der Waals surface area contributed by atoms with Gasteiger partial charge in [0.05, 0.1) is 39.3 Å². The van der Waals surface area contributed by atoms with Gasteiger partial charge < -0.3 is 0 Å². The van der Waals surface area contributed by atoms with E-state index in [1.807, 2.05) is 0 Å². The number of halogens is 5. The topological polar surface area (TPSA) is 69.0 Å². The Kier molecular flexibility index (Phi) is 5.81. The smallest absolute Gasteiger partial charge is 0.294 e. The molecule has 1 aromatic heterocycles. The minimum absolute atomic E-state index is 0.0367. The SMILES string of the molecule is CC(Br)S(=O)(=O)c1cccc(Cn2cnc3c(Cl)cc(C(F)(F)F)cc3c2=O)c1. The molecule has 3 rings (SSSR count). The lowest BCUT2D eigenvalue weighted by molar-refractivity contribution is -0.137. The van der Waals surface area contributed by atoms with Gasteiger partial charge in [-0.3, -0.25) is 9.36 Å². The Morgan fingerprint density at radius 2 is 1.93 bits per heavy atom. The van der Waals surface area contributed by atoms with Crippen LogP contribution in [0.4, 0.5) is 13.2 Å². The number of hydrogen-bond donors (Lipinski definition) is 0. The van der Waals surface area contributed by atoms with Crippen molar-refractivity contribution >= 4 is 48.3 Å². The molecule has 0 fully saturated rings. The third-order valence-electron chi connectivity index (χ3n) is 4.22. The normalized spacial score (nSPS) is 13.6. The molecule has 2 aromatic carbocycles. The van der Waals surface area contributed by atoms with Crippen molar-refractivity contribution in [1.29, 1.82) is 0 Å². The fourth-order valence-electron chi connectivity index (χ4n) is 2.71. The van der Waals surface area contributed by atoms with E-state index < -0.39 is 31.3 Å². The first-order valence-electron chi connectivity index (χ1n) is 8.14. The Morgan fingerprint density at radius 3 is 2.55 bits per heavy atom. The highest BCUT2D eigenvalue weighted by molar-refractivity contribution is 9.11. The monoisotopic (exact) mass is 508 g/mol. The first kappa shape index (κ1) is 21.8. The number of fused-ring (bicyclic) bond motifs is 1. The molecule has 0 N–H and O–H groups in total. The number of rotatable bonds is 4. The molecule has 1 unspecified atom stereocenters. The van der Waals surface area contributed by atoms with Crippen LogP contribution in [0.2, 0.25) is 5.02 Å². The second-order valence-electron chi connectivity index (χ2n) is 6.27. The zero-order valence-electron chi connectivity index (χ0n) is 14.7. The Labute approximate surface area is 177 Å². The summed E-state index contributed by atoms with van der Waals surface area (Å²) in [5, 5.41) is -0.552. The fourth-order valence-corrected chi connectivity index (χ4v) is 4.58. The maximum absolute atomic E-state index is 13.0. The van der Waals surface area contributed by atoms with Crippen LogP contribution in [0.1, 0.15) is 18.1 Å². The lowest BCUT2D eigenvalue weighted by atomic mass is 10.1. The van der Waals surface area contributed by atoms with E-state index in [0.29, 0.717) is 11.6 Å². The summed E-state index contributed by atoms with van der Waals surface area (Å²) < 4.78 is 64.0. The van der Waals surface area contributed by atoms with Gasteiger partial charge >= 0.3 is 6.18 Å². The van der Waals surface area contributed by atoms with E-state index in [9.17, 15) is 26.4 Å². The van der Waals surface area contributed by atoms with Gasteiger partial charge in [0.25, 0.3) is 5.56 Å². The van der Waals surface area contributed by atoms with Crippen LogP contribution in [-0.4, -0.2) is 22.1 Å². The summed E-state index contributed by atoms with van der Waals surface area (Å²) in [5.41, 5.74) is -1.33. The third-order valence-corrected chi connectivity index (χ3v) is 7.75. The molecule has 29 heavy (non-hydrogen) atoms. The number of aromatic nitrogens is 2. The average Bonchev–Trinajstić information content (AvgIpc) is 2.63. The van der Waals surface area contributed by atoms with Crippen molar-refractivity contribution in [1.82, 2.24) is 9.55 Å². The van der Waals surface area contributed by atoms with Crippen LogP contribution in [0.5, 0.6) is 0 Å². The van der Waals surface area contributed by atoms with E-state index >= 15 is 0 Å². The van der Waals surface area contributed by atoms with Crippen LogP contribution >= 0.6 is 27.5 Å². The molecule has 11 heteroatoms. The van der Waals surface area contributed by atoms with Crippen molar-refractivity contribution in [3.8, 4) is 0 Å². The minimum atomic E-state index is -4.67. The molecular weight excluding hydrogens is 497 g/mol. The molecule has 0 aliphatic heterocycles. The van der Waals surface area contributed by atoms with Gasteiger partial charge in [0.15, 0.2) is 9.84 Å². The lowest BCUT2D eigenvalue weighted by Crippen LogP contribution is -2.22. The molecule has 0 aliphatic rings. The van der Waals surface area contributed by atoms with E-state index in [0.717, 1.165) is 17.0 Å². The number of benzene rings is 2. The van der Waals surface area contributed by atoms with Crippen molar-refractivity contribution in [2.45, 2.75) is 28.7 Å². The van der Waals surface area contributed by atoms with Gasteiger partial charge in [-0.15, -0.1) is 0 Å². The van der Waals surface area contributed by atoms with Gasteiger partial charge in [0.2, 0.25) is 0 Å². The minimum Gasteiger partial charge on any atom is -0.294 e. The molecule has 0 saturated carbocycles. The highest BCUT2D eigenvalue weighted by Crippen LogP contribution is 2.33. The summed E-state index contributed by atoms with van der Waals surface area (Å²) in [5.74, 6) is 0. The standard InChI is InChI=1S/C18H13BrClF3N2O3S/c1-10(19)29(27,28)13-4-2-3-11(5-13)8-25-9-24-16-14(17(25)26)6-12(7-15(16)20)18(21,22)23/h2-7,9-10H,8H2,1H3. The molecule has 0 saturated heterocycles. The van der Waals surface area contributed by atoms with Gasteiger partial charge in [-0.2, -0.15) is 13.2 Å². The molecule has 3 aromatic rings. The molecule has 0 spiro atoms. The molecular formula is C18H13BrClF3N2O3S. The zero-order chi connectivity index (χ0) is 21.6. The van der Waals surface area contributed by atoms with Gasteiger partial charge in [-0.05, 0) is 36.8 Å². The lowest BCUT2D eigenvalue weighted by Gasteiger charge is -2.12. The molecule has 0 radical (unpaired) electrons. The molecule has 0 amide bonds. The third kappa shape index (κ3) is 4.34. The number of hydrogen-bond acceptors (Lipinski definition) is 4. The van der Waals surface area contributed by atoms with Crippen molar-refractivity contribution < 1.29 is 21.6 Å². The maximum Gasteiger partial charge on any atom is 0.416 e. The van der Waals surface area contributed by atoms with Crippen LogP contribution in [0, 0.1) is 0 Å². The summed E-state index contributed by atoms with van der Waals surface area (Å²) in [6.07, 6.45) is -3.50. The fraction of sp³-hybridized carbons (Fsp3) is 0.222. The number of sulfone groups is 1. The molecule has 0 aliphatic carbocycles. The Hall–Kier alpha value is -1.91. The Morgan fingerprint density at radius 1 is 1.24 bits per heavy atom. The van der Waals surface area contributed by atoms with Crippen LogP contribution in [0.15, 0.2) is 52.4 Å². The predicted octanol–water partition coefficient (Wildman–Crippen LogP) is 4.63. The second-order valence-corrected chi connectivity index (χ2v) is 10.9. The summed E-state index contributed by atoms with van der Waals surface area (Å²) in [6, 6.07) is 7.39. The Balaban J connectivity index is 2.08. The van der Waals surface area contributed by atoms with Crippen molar-refractivity contribution in [2.24, 2.45) is 0 Å². The van der Waals surface area contributed by atoms with E-state index in [-0.39, 0.29) is 27.4 Å². The van der Waals surface area contributed by atoms with Crippen LogP contribution in [0.3, 0.4) is 0 Å². The highest BCUT2D eigenvalue weighted by atomic mass is 79.9. The van der Waals surface area contributed by atoms with Gasteiger partial charge in [-0.25, -0.2) is 13.4 Å². The molecule has 154 valence electrons. The largest absolute Gasteiger partial charge is 0.416 e. The number of alkyl halides is 4. The van der Waals surface area contributed by atoms with Crippen LogP contribution in [-0.2, 0) is 22.6 Å². The van der Waals surface area contributed by atoms with E-state index in [2.05, 4.69) is 20.9 Å². The van der Waals surface area contributed by atoms with Gasteiger partial charge in [0.1, 0.15) is 4.16 Å². The van der Waals surface area contributed by atoms with E-state index in [4.69, 9.17) is 11.6 Å². The molecule has 1 heterocycles. The van der Waals surface area contributed by atoms with Crippen molar-refractivity contribution in [3.63, 3.8) is 0 Å². The first-order valence-corrected chi connectivity index (χ1v) is 11.0. The molecule has 5 nitrogen and oxygen atoms in total. The number of nitrogens with zero attached hydrogens (tertiary/aromatic N) is 2. The quantitative estimate of drug-likeness (QED) is 0.481. The first-order chi connectivity index (χ1) is 13.4. The summed E-state index contributed by atoms with van der Waals surface area (Å²) >= 11 is 8.91. The average molecular weight is 510 g/mol. The van der Waals surface area contributed by atoms with Gasteiger partial charge in [0, 0.05) is 0 Å².